The number of hydrogen-bond acceptors (Lipinski definition) is 4. The molecule has 0 amide bonds. The van der Waals surface area contributed by atoms with Gasteiger partial charge in [-0.2, -0.15) is 16.1 Å². The fourth-order valence-electron chi connectivity index (χ4n) is 2.54. The molecule has 8 heteroatoms. The Balaban J connectivity index is 1.79. The van der Waals surface area contributed by atoms with Gasteiger partial charge in [-0.15, -0.1) is 11.3 Å². The van der Waals surface area contributed by atoms with Gasteiger partial charge in [-0.05, 0) is 36.1 Å². The Morgan fingerprint density at radius 3 is 2.74 bits per heavy atom. The van der Waals surface area contributed by atoms with Crippen LogP contribution in [0.2, 0.25) is 0 Å². The molecule has 0 spiro atoms. The van der Waals surface area contributed by atoms with E-state index in [4.69, 9.17) is 0 Å². The fraction of sp³-hybridized carbons (Fsp3) is 0.333. The zero-order chi connectivity index (χ0) is 16.4. The molecule has 1 aliphatic heterocycles. The van der Waals surface area contributed by atoms with Crippen molar-refractivity contribution >= 4 is 33.1 Å². The molecule has 1 aliphatic rings. The Labute approximate surface area is 142 Å². The van der Waals surface area contributed by atoms with Gasteiger partial charge in [-0.25, -0.2) is 17.2 Å². The highest BCUT2D eigenvalue weighted by Gasteiger charge is 2.29. The molecule has 2 aromatic rings. The number of hydrogen-bond donors (Lipinski definition) is 0. The van der Waals surface area contributed by atoms with Crippen molar-refractivity contribution < 1.29 is 17.2 Å². The number of nitrogens with zero attached hydrogens (tertiary/aromatic N) is 1. The molecule has 1 aromatic carbocycles. The average Bonchev–Trinajstić information content (AvgIpc) is 2.95. The summed E-state index contributed by atoms with van der Waals surface area (Å²) >= 11 is 2.65. The lowest BCUT2D eigenvalue weighted by molar-refractivity contribution is 0.428. The smallest absolute Gasteiger partial charge is 0.207 e. The van der Waals surface area contributed by atoms with Gasteiger partial charge in [0.15, 0.2) is 0 Å². The molecule has 0 aliphatic carbocycles. The summed E-state index contributed by atoms with van der Waals surface area (Å²) in [5, 5.41) is 1.49. The van der Waals surface area contributed by atoms with Crippen molar-refractivity contribution in [1.29, 1.82) is 0 Å². The fourth-order valence-corrected chi connectivity index (χ4v) is 6.50. The van der Waals surface area contributed by atoms with Crippen LogP contribution in [-0.4, -0.2) is 31.6 Å². The van der Waals surface area contributed by atoms with E-state index in [1.165, 1.54) is 33.5 Å². The Bertz CT molecular complexity index is 778. The molecule has 124 valence electrons. The first-order valence-corrected chi connectivity index (χ1v) is 10.5. The minimum atomic E-state index is -3.50. The zero-order valence-corrected chi connectivity index (χ0v) is 14.6. The second-order valence-corrected chi connectivity index (χ2v) is 9.57. The Kier molecular flexibility index (Phi) is 5.05. The van der Waals surface area contributed by atoms with Crippen molar-refractivity contribution in [2.45, 2.75) is 15.9 Å². The topological polar surface area (TPSA) is 37.4 Å². The molecule has 0 bridgehead atoms. The van der Waals surface area contributed by atoms with Gasteiger partial charge in [0.25, 0.3) is 10.0 Å². The third-order valence-corrected chi connectivity index (χ3v) is 8.28. The van der Waals surface area contributed by atoms with E-state index in [0.29, 0.717) is 35.0 Å². The summed E-state index contributed by atoms with van der Waals surface area (Å²) in [6, 6.07) is 6.71. The van der Waals surface area contributed by atoms with Gasteiger partial charge in [-0.3, -0.25) is 0 Å². The van der Waals surface area contributed by atoms with Crippen LogP contribution >= 0.6 is 23.1 Å². The second kappa shape index (κ2) is 6.88. The second-order valence-electron chi connectivity index (χ2n) is 5.15. The molecule has 0 unspecified atom stereocenters. The van der Waals surface area contributed by atoms with Gasteiger partial charge in [0.1, 0.15) is 15.8 Å². The molecule has 1 aromatic heterocycles. The van der Waals surface area contributed by atoms with E-state index >= 15 is 0 Å². The van der Waals surface area contributed by atoms with Gasteiger partial charge in [0, 0.05) is 29.7 Å². The molecule has 1 atom stereocenters. The van der Waals surface area contributed by atoms with Crippen molar-refractivity contribution in [2.24, 2.45) is 0 Å². The molecule has 3 rings (SSSR count). The van der Waals surface area contributed by atoms with Crippen molar-refractivity contribution in [3.8, 4) is 0 Å². The summed E-state index contributed by atoms with van der Waals surface area (Å²) in [7, 11) is -3.50. The first kappa shape index (κ1) is 16.9. The van der Waals surface area contributed by atoms with Crippen LogP contribution in [0.3, 0.4) is 0 Å². The Morgan fingerprint density at radius 2 is 2.00 bits per heavy atom. The molecule has 1 fully saturated rings. The van der Waals surface area contributed by atoms with E-state index in [1.807, 2.05) is 0 Å². The third kappa shape index (κ3) is 3.60. The lowest BCUT2D eigenvalue weighted by Gasteiger charge is -2.19. The maximum atomic E-state index is 13.9. The average molecular weight is 375 g/mol. The molecule has 0 N–H and O–H groups in total. The normalized spacial score (nSPS) is 20.3. The number of halogens is 2. The summed E-state index contributed by atoms with van der Waals surface area (Å²) in [5.74, 6) is -0.377. The quantitative estimate of drug-likeness (QED) is 0.817. The maximum Gasteiger partial charge on any atom is 0.252 e. The van der Waals surface area contributed by atoms with Crippen LogP contribution in [0.25, 0.3) is 0 Å². The molecule has 3 nitrogen and oxygen atoms in total. The van der Waals surface area contributed by atoms with Crippen molar-refractivity contribution in [1.82, 2.24) is 4.31 Å². The standard InChI is InChI=1S/C15H15F2NO2S3/c16-11-3-4-13(17)12(10-11)14-5-6-18(7-9-21-14)23(19,20)15-2-1-8-22-15/h1-4,8,10,14H,5-7,9H2/t14-/m1/s1. The van der Waals surface area contributed by atoms with Crippen molar-refractivity contribution in [3.63, 3.8) is 0 Å². The molecule has 2 heterocycles. The number of thioether (sulfide) groups is 1. The van der Waals surface area contributed by atoms with Crippen LogP contribution in [0.1, 0.15) is 17.2 Å². The largest absolute Gasteiger partial charge is 0.252 e. The lowest BCUT2D eigenvalue weighted by atomic mass is 10.1. The number of benzene rings is 1. The van der Waals surface area contributed by atoms with Crippen LogP contribution in [0.5, 0.6) is 0 Å². The van der Waals surface area contributed by atoms with Gasteiger partial charge in [0.05, 0.1) is 0 Å². The number of sulfonamides is 1. The summed E-state index contributed by atoms with van der Waals surface area (Å²) in [6.07, 6.45) is 0.454. The van der Waals surface area contributed by atoms with E-state index in [-0.39, 0.29) is 5.25 Å². The highest BCUT2D eigenvalue weighted by molar-refractivity contribution is 7.99. The molecule has 0 saturated carbocycles. The summed E-state index contributed by atoms with van der Waals surface area (Å²) in [5.41, 5.74) is 0.311. The van der Waals surface area contributed by atoms with E-state index in [0.717, 1.165) is 12.1 Å². The van der Waals surface area contributed by atoms with Gasteiger partial charge in [-0.1, -0.05) is 6.07 Å². The predicted molar refractivity (Wildman–Crippen MR) is 89.3 cm³/mol. The molecular weight excluding hydrogens is 360 g/mol. The van der Waals surface area contributed by atoms with Crippen LogP contribution in [0.4, 0.5) is 8.78 Å². The van der Waals surface area contributed by atoms with Crippen LogP contribution < -0.4 is 0 Å². The van der Waals surface area contributed by atoms with Crippen LogP contribution in [0, 0.1) is 11.6 Å². The molecule has 1 saturated heterocycles. The van der Waals surface area contributed by atoms with E-state index in [1.54, 1.807) is 17.5 Å². The zero-order valence-electron chi connectivity index (χ0n) is 12.1. The van der Waals surface area contributed by atoms with Gasteiger partial charge < -0.3 is 0 Å². The lowest BCUT2D eigenvalue weighted by Crippen LogP contribution is -2.32. The Hall–Kier alpha value is -0.960. The minimum Gasteiger partial charge on any atom is -0.207 e. The molecule has 23 heavy (non-hydrogen) atoms. The van der Waals surface area contributed by atoms with Crippen molar-refractivity contribution in [3.05, 3.63) is 52.9 Å². The third-order valence-electron chi connectivity index (χ3n) is 3.69. The number of rotatable bonds is 3. The summed E-state index contributed by atoms with van der Waals surface area (Å²) in [6.45, 7) is 0.673. The predicted octanol–water partition coefficient (Wildman–Crippen LogP) is 3.90. The monoisotopic (exact) mass is 375 g/mol. The van der Waals surface area contributed by atoms with Crippen LogP contribution in [0.15, 0.2) is 39.9 Å². The highest BCUT2D eigenvalue weighted by atomic mass is 32.2. The first-order valence-electron chi connectivity index (χ1n) is 7.08. The van der Waals surface area contributed by atoms with Gasteiger partial charge >= 0.3 is 0 Å². The number of thiophene rings is 1. The maximum absolute atomic E-state index is 13.9. The van der Waals surface area contributed by atoms with Crippen LogP contribution in [-0.2, 0) is 10.0 Å². The van der Waals surface area contributed by atoms with E-state index < -0.39 is 21.7 Å². The highest BCUT2D eigenvalue weighted by Crippen LogP contribution is 2.37. The minimum absolute atomic E-state index is 0.241. The summed E-state index contributed by atoms with van der Waals surface area (Å²) in [4.78, 5) is 0. The SMILES string of the molecule is O=S(=O)(c1cccs1)N1CCS[C@@H](c2cc(F)ccc2F)CC1. The van der Waals surface area contributed by atoms with E-state index in [9.17, 15) is 17.2 Å². The molecular formula is C15H15F2NO2S3. The van der Waals surface area contributed by atoms with Gasteiger partial charge in [0.2, 0.25) is 0 Å². The van der Waals surface area contributed by atoms with Crippen molar-refractivity contribution in [2.75, 3.05) is 18.8 Å². The first-order chi connectivity index (χ1) is 11.0. The summed E-state index contributed by atoms with van der Waals surface area (Å²) < 4.78 is 54.2. The molecule has 0 radical (unpaired) electrons. The van der Waals surface area contributed by atoms with E-state index in [2.05, 4.69) is 0 Å². The Morgan fingerprint density at radius 1 is 1.17 bits per heavy atom.